The van der Waals surface area contributed by atoms with Crippen molar-refractivity contribution < 1.29 is 0 Å². The van der Waals surface area contributed by atoms with Gasteiger partial charge in [0.15, 0.2) is 0 Å². The Bertz CT molecular complexity index is 563. The maximum absolute atomic E-state index is 11.7. The van der Waals surface area contributed by atoms with E-state index in [9.17, 15) is 4.79 Å². The molecule has 2 rings (SSSR count). The molecule has 0 aliphatic carbocycles. The molecular formula is C12H17N3O. The molecular weight excluding hydrogens is 202 g/mol. The number of aromatic nitrogens is 3. The number of fused-ring (bicyclic) bond motifs is 1. The fourth-order valence-corrected chi connectivity index (χ4v) is 1.87. The summed E-state index contributed by atoms with van der Waals surface area (Å²) in [7, 11) is 0. The van der Waals surface area contributed by atoms with Gasteiger partial charge in [-0.25, -0.2) is 4.79 Å². The SMILES string of the molecule is CC(C)c1cc2c(cn1)[nH]c(=O)n2C(C)C. The first-order chi connectivity index (χ1) is 7.50. The molecule has 86 valence electrons. The Morgan fingerprint density at radius 2 is 2.00 bits per heavy atom. The summed E-state index contributed by atoms with van der Waals surface area (Å²) >= 11 is 0. The highest BCUT2D eigenvalue weighted by molar-refractivity contribution is 5.74. The number of hydrogen-bond donors (Lipinski definition) is 1. The minimum absolute atomic E-state index is 0.0623. The summed E-state index contributed by atoms with van der Waals surface area (Å²) in [6.07, 6.45) is 1.74. The molecule has 1 N–H and O–H groups in total. The Morgan fingerprint density at radius 1 is 1.31 bits per heavy atom. The molecule has 0 saturated carbocycles. The summed E-state index contributed by atoms with van der Waals surface area (Å²) in [6.45, 7) is 8.20. The number of nitrogens with one attached hydrogen (secondary N) is 1. The van der Waals surface area contributed by atoms with Crippen LogP contribution in [-0.2, 0) is 0 Å². The van der Waals surface area contributed by atoms with Gasteiger partial charge < -0.3 is 4.98 Å². The molecule has 2 aromatic heterocycles. The molecule has 0 unspecified atom stereocenters. The standard InChI is InChI=1S/C12H17N3O/c1-7(2)9-5-11-10(6-13-9)14-12(16)15(11)8(3)4/h5-8H,1-4H3,(H,14,16). The van der Waals surface area contributed by atoms with E-state index >= 15 is 0 Å². The summed E-state index contributed by atoms with van der Waals surface area (Å²) in [4.78, 5) is 18.9. The van der Waals surface area contributed by atoms with Crippen molar-refractivity contribution in [3.05, 3.63) is 28.4 Å². The predicted molar refractivity (Wildman–Crippen MR) is 64.8 cm³/mol. The number of hydrogen-bond acceptors (Lipinski definition) is 2. The lowest BCUT2D eigenvalue weighted by atomic mass is 10.1. The zero-order valence-electron chi connectivity index (χ0n) is 10.1. The van der Waals surface area contributed by atoms with Gasteiger partial charge in [-0.2, -0.15) is 0 Å². The van der Waals surface area contributed by atoms with Gasteiger partial charge in [-0.3, -0.25) is 9.55 Å². The predicted octanol–water partition coefficient (Wildman–Crippen LogP) is 2.43. The lowest BCUT2D eigenvalue weighted by molar-refractivity contribution is 0.597. The van der Waals surface area contributed by atoms with E-state index in [0.29, 0.717) is 5.92 Å². The molecule has 0 radical (unpaired) electrons. The topological polar surface area (TPSA) is 50.7 Å². The third-order valence-electron chi connectivity index (χ3n) is 2.73. The van der Waals surface area contributed by atoms with Crippen molar-refractivity contribution in [2.24, 2.45) is 0 Å². The smallest absolute Gasteiger partial charge is 0.304 e. The van der Waals surface area contributed by atoms with Gasteiger partial charge in [-0.1, -0.05) is 13.8 Å². The van der Waals surface area contributed by atoms with Gasteiger partial charge in [0.1, 0.15) is 0 Å². The monoisotopic (exact) mass is 219 g/mol. The van der Waals surface area contributed by atoms with Crippen molar-refractivity contribution in [2.75, 3.05) is 0 Å². The van der Waals surface area contributed by atoms with Crippen LogP contribution in [0.15, 0.2) is 17.1 Å². The average Bonchev–Trinajstić information content (AvgIpc) is 2.51. The van der Waals surface area contributed by atoms with E-state index in [2.05, 4.69) is 23.8 Å². The van der Waals surface area contributed by atoms with E-state index in [0.717, 1.165) is 16.7 Å². The van der Waals surface area contributed by atoms with Crippen LogP contribution in [0, 0.1) is 0 Å². The van der Waals surface area contributed by atoms with Crippen LogP contribution in [0.5, 0.6) is 0 Å². The lowest BCUT2D eigenvalue weighted by Crippen LogP contribution is -2.18. The summed E-state index contributed by atoms with van der Waals surface area (Å²) in [5.74, 6) is 0.370. The summed E-state index contributed by atoms with van der Waals surface area (Å²) in [5, 5.41) is 0. The average molecular weight is 219 g/mol. The van der Waals surface area contributed by atoms with E-state index in [1.54, 1.807) is 10.8 Å². The maximum Gasteiger partial charge on any atom is 0.326 e. The third kappa shape index (κ3) is 1.64. The number of pyridine rings is 1. The first-order valence-electron chi connectivity index (χ1n) is 5.61. The molecule has 0 bridgehead atoms. The van der Waals surface area contributed by atoms with Crippen molar-refractivity contribution >= 4 is 11.0 Å². The van der Waals surface area contributed by atoms with Crippen LogP contribution in [0.25, 0.3) is 11.0 Å². The van der Waals surface area contributed by atoms with E-state index in [1.807, 2.05) is 19.9 Å². The maximum atomic E-state index is 11.7. The molecule has 0 spiro atoms. The molecule has 0 aromatic carbocycles. The van der Waals surface area contributed by atoms with Crippen molar-refractivity contribution in [2.45, 2.75) is 39.7 Å². The number of nitrogens with zero attached hydrogens (tertiary/aromatic N) is 2. The highest BCUT2D eigenvalue weighted by Crippen LogP contribution is 2.18. The van der Waals surface area contributed by atoms with Crippen molar-refractivity contribution in [3.63, 3.8) is 0 Å². The molecule has 4 nitrogen and oxygen atoms in total. The number of imidazole rings is 1. The van der Waals surface area contributed by atoms with E-state index < -0.39 is 0 Å². The molecule has 16 heavy (non-hydrogen) atoms. The van der Waals surface area contributed by atoms with Gasteiger partial charge in [0.25, 0.3) is 0 Å². The first-order valence-corrected chi connectivity index (χ1v) is 5.61. The first kappa shape index (κ1) is 10.9. The largest absolute Gasteiger partial charge is 0.326 e. The van der Waals surface area contributed by atoms with E-state index in [1.165, 1.54) is 0 Å². The van der Waals surface area contributed by atoms with Crippen LogP contribution in [0.3, 0.4) is 0 Å². The Morgan fingerprint density at radius 3 is 2.56 bits per heavy atom. The Kier molecular flexibility index (Phi) is 2.58. The molecule has 2 aromatic rings. The number of aromatic amines is 1. The fraction of sp³-hybridized carbons (Fsp3) is 0.500. The highest BCUT2D eigenvalue weighted by atomic mass is 16.1. The normalized spacial score (nSPS) is 11.9. The Hall–Kier alpha value is -1.58. The molecule has 0 amide bonds. The quantitative estimate of drug-likeness (QED) is 0.843. The van der Waals surface area contributed by atoms with E-state index in [-0.39, 0.29) is 11.7 Å². The third-order valence-corrected chi connectivity index (χ3v) is 2.73. The van der Waals surface area contributed by atoms with E-state index in [4.69, 9.17) is 0 Å². The zero-order chi connectivity index (χ0) is 11.9. The van der Waals surface area contributed by atoms with Crippen LogP contribution in [0.2, 0.25) is 0 Å². The molecule has 2 heterocycles. The molecule has 0 atom stereocenters. The molecule has 4 heteroatoms. The summed E-state index contributed by atoms with van der Waals surface area (Å²) in [6, 6.07) is 2.15. The van der Waals surface area contributed by atoms with Crippen LogP contribution in [0.4, 0.5) is 0 Å². The van der Waals surface area contributed by atoms with Gasteiger partial charge in [0.2, 0.25) is 0 Å². The van der Waals surface area contributed by atoms with Crippen LogP contribution >= 0.6 is 0 Å². The molecule has 0 aliphatic rings. The minimum Gasteiger partial charge on any atom is -0.304 e. The van der Waals surface area contributed by atoms with Gasteiger partial charge in [0.05, 0.1) is 17.2 Å². The Labute approximate surface area is 94.3 Å². The van der Waals surface area contributed by atoms with Crippen LogP contribution in [0.1, 0.15) is 45.3 Å². The van der Waals surface area contributed by atoms with Gasteiger partial charge in [-0.15, -0.1) is 0 Å². The second-order valence-electron chi connectivity index (χ2n) is 4.67. The lowest BCUT2D eigenvalue weighted by Gasteiger charge is -2.08. The fourth-order valence-electron chi connectivity index (χ4n) is 1.87. The van der Waals surface area contributed by atoms with Crippen molar-refractivity contribution in [1.29, 1.82) is 0 Å². The molecule has 0 fully saturated rings. The van der Waals surface area contributed by atoms with Crippen LogP contribution in [-0.4, -0.2) is 14.5 Å². The number of rotatable bonds is 2. The Balaban J connectivity index is 2.75. The molecule has 0 saturated heterocycles. The minimum atomic E-state index is -0.0623. The molecule has 0 aliphatic heterocycles. The summed E-state index contributed by atoms with van der Waals surface area (Å²) < 4.78 is 1.77. The summed E-state index contributed by atoms with van der Waals surface area (Å²) in [5.41, 5.74) is 2.70. The van der Waals surface area contributed by atoms with Gasteiger partial charge in [0, 0.05) is 11.7 Å². The highest BCUT2D eigenvalue weighted by Gasteiger charge is 2.11. The zero-order valence-corrected chi connectivity index (χ0v) is 10.1. The van der Waals surface area contributed by atoms with Crippen LogP contribution < -0.4 is 5.69 Å². The van der Waals surface area contributed by atoms with Gasteiger partial charge in [-0.05, 0) is 25.8 Å². The second kappa shape index (κ2) is 3.77. The van der Waals surface area contributed by atoms with Crippen molar-refractivity contribution in [3.8, 4) is 0 Å². The second-order valence-corrected chi connectivity index (χ2v) is 4.67. The van der Waals surface area contributed by atoms with Crippen molar-refractivity contribution in [1.82, 2.24) is 14.5 Å². The number of H-pyrrole nitrogens is 1. The van der Waals surface area contributed by atoms with Gasteiger partial charge >= 0.3 is 5.69 Å².